The molecule has 1 aliphatic rings. The maximum atomic E-state index is 13.3. The van der Waals surface area contributed by atoms with E-state index in [9.17, 15) is 13.2 Å². The Morgan fingerprint density at radius 3 is 2.18 bits per heavy atom. The lowest BCUT2D eigenvalue weighted by Gasteiger charge is -2.32. The van der Waals surface area contributed by atoms with Crippen molar-refractivity contribution in [2.45, 2.75) is 38.5 Å². The number of aryl methyl sites for hydroxylation is 2. The molecule has 1 atom stereocenters. The summed E-state index contributed by atoms with van der Waals surface area (Å²) in [6, 6.07) is 25.4. The van der Waals surface area contributed by atoms with Gasteiger partial charge in [0.25, 0.3) is 0 Å². The van der Waals surface area contributed by atoms with Crippen molar-refractivity contribution in [2.75, 3.05) is 13.1 Å². The summed E-state index contributed by atoms with van der Waals surface area (Å²) >= 11 is 0. The lowest BCUT2D eigenvalue weighted by molar-refractivity contribution is -0.126. The third-order valence-corrected chi connectivity index (χ3v) is 8.46. The highest BCUT2D eigenvalue weighted by atomic mass is 32.2. The average molecular weight is 477 g/mol. The fraction of sp³-hybridized carbons (Fsp3) is 0.321. The molecule has 6 heteroatoms. The van der Waals surface area contributed by atoms with Crippen LogP contribution in [0.25, 0.3) is 0 Å². The van der Waals surface area contributed by atoms with Gasteiger partial charge in [0.1, 0.15) is 0 Å². The molecule has 0 aromatic heterocycles. The van der Waals surface area contributed by atoms with E-state index in [0.717, 1.165) is 27.8 Å². The molecule has 5 nitrogen and oxygen atoms in total. The number of carbonyl (C=O) groups excluding carboxylic acids is 1. The normalized spacial score (nSPS) is 16.2. The van der Waals surface area contributed by atoms with Crippen LogP contribution in [-0.2, 0) is 20.6 Å². The number of amides is 1. The van der Waals surface area contributed by atoms with E-state index in [1.165, 1.54) is 4.31 Å². The topological polar surface area (TPSA) is 66.5 Å². The number of nitrogens with zero attached hydrogens (tertiary/aromatic N) is 1. The summed E-state index contributed by atoms with van der Waals surface area (Å²) in [6.45, 7) is 4.77. The first kappa shape index (κ1) is 24.2. The van der Waals surface area contributed by atoms with Crippen LogP contribution in [0.15, 0.2) is 78.9 Å². The van der Waals surface area contributed by atoms with Crippen LogP contribution in [0.5, 0.6) is 0 Å². The molecule has 1 fully saturated rings. The predicted molar refractivity (Wildman–Crippen MR) is 136 cm³/mol. The van der Waals surface area contributed by atoms with E-state index in [2.05, 4.69) is 18.3 Å². The van der Waals surface area contributed by atoms with Crippen molar-refractivity contribution in [3.8, 4) is 0 Å². The predicted octanol–water partition coefficient (Wildman–Crippen LogP) is 4.75. The number of piperidine rings is 1. The summed E-state index contributed by atoms with van der Waals surface area (Å²) in [5.41, 5.74) is 5.11. The third kappa shape index (κ3) is 5.75. The zero-order valence-corrected chi connectivity index (χ0v) is 20.6. The third-order valence-electron chi connectivity index (χ3n) is 6.61. The minimum absolute atomic E-state index is 0.00644. The Kier molecular flexibility index (Phi) is 7.49. The molecule has 1 heterocycles. The van der Waals surface area contributed by atoms with Gasteiger partial charge in [0, 0.05) is 19.0 Å². The van der Waals surface area contributed by atoms with Gasteiger partial charge >= 0.3 is 0 Å². The number of rotatable bonds is 7. The zero-order chi connectivity index (χ0) is 24.1. The van der Waals surface area contributed by atoms with Crippen LogP contribution in [0.4, 0.5) is 0 Å². The van der Waals surface area contributed by atoms with Crippen LogP contribution in [0, 0.1) is 19.8 Å². The molecular weight excluding hydrogens is 444 g/mol. The lowest BCUT2D eigenvalue weighted by atomic mass is 9.92. The first-order valence-corrected chi connectivity index (χ1v) is 13.4. The van der Waals surface area contributed by atoms with E-state index in [-0.39, 0.29) is 23.6 Å². The molecule has 0 aliphatic carbocycles. The van der Waals surface area contributed by atoms with Gasteiger partial charge in [0.2, 0.25) is 15.9 Å². The van der Waals surface area contributed by atoms with Crippen LogP contribution in [0.3, 0.4) is 0 Å². The van der Waals surface area contributed by atoms with Crippen LogP contribution in [-0.4, -0.2) is 31.7 Å². The maximum Gasteiger partial charge on any atom is 0.223 e. The Morgan fingerprint density at radius 2 is 1.53 bits per heavy atom. The first-order valence-electron chi connectivity index (χ1n) is 11.8. The Morgan fingerprint density at radius 1 is 0.912 bits per heavy atom. The molecule has 3 aromatic carbocycles. The van der Waals surface area contributed by atoms with Crippen molar-refractivity contribution in [1.82, 2.24) is 9.62 Å². The van der Waals surface area contributed by atoms with E-state index in [0.29, 0.717) is 25.9 Å². The SMILES string of the molecule is Cc1ccc(CS(=O)(=O)N2CCC(C(=O)NC(c3ccccc3)c3ccccc3C)CC2)cc1. The van der Waals surface area contributed by atoms with E-state index < -0.39 is 10.0 Å². The molecule has 34 heavy (non-hydrogen) atoms. The minimum atomic E-state index is -3.41. The van der Waals surface area contributed by atoms with Crippen LogP contribution >= 0.6 is 0 Å². The second kappa shape index (κ2) is 10.5. The molecule has 0 spiro atoms. The Hall–Kier alpha value is -2.96. The van der Waals surface area contributed by atoms with Gasteiger partial charge in [0.15, 0.2) is 0 Å². The highest BCUT2D eigenvalue weighted by molar-refractivity contribution is 7.88. The molecule has 3 aromatic rings. The number of hydrogen-bond donors (Lipinski definition) is 1. The Labute approximate surface area is 202 Å². The number of benzene rings is 3. The van der Waals surface area contributed by atoms with Gasteiger partial charge in [0.05, 0.1) is 11.8 Å². The molecule has 1 N–H and O–H groups in total. The second-order valence-corrected chi connectivity index (χ2v) is 11.1. The molecule has 1 amide bonds. The van der Waals surface area contributed by atoms with Gasteiger partial charge in [-0.1, -0.05) is 84.4 Å². The monoisotopic (exact) mass is 476 g/mol. The average Bonchev–Trinajstić information content (AvgIpc) is 2.85. The Balaban J connectivity index is 1.42. The maximum absolute atomic E-state index is 13.3. The fourth-order valence-electron chi connectivity index (χ4n) is 4.54. The van der Waals surface area contributed by atoms with Crippen molar-refractivity contribution in [3.05, 3.63) is 107 Å². The summed E-state index contributed by atoms with van der Waals surface area (Å²) < 4.78 is 27.4. The van der Waals surface area contributed by atoms with Crippen LogP contribution in [0.1, 0.15) is 46.7 Å². The molecule has 178 valence electrons. The van der Waals surface area contributed by atoms with Crippen molar-refractivity contribution in [1.29, 1.82) is 0 Å². The van der Waals surface area contributed by atoms with Crippen molar-refractivity contribution in [2.24, 2.45) is 5.92 Å². The number of hydrogen-bond acceptors (Lipinski definition) is 3. The summed E-state index contributed by atoms with van der Waals surface area (Å²) in [7, 11) is -3.41. The lowest BCUT2D eigenvalue weighted by Crippen LogP contribution is -2.44. The summed E-state index contributed by atoms with van der Waals surface area (Å²) in [5, 5.41) is 3.25. The molecule has 1 unspecified atom stereocenters. The molecule has 0 saturated carbocycles. The smallest absolute Gasteiger partial charge is 0.223 e. The Bertz CT molecular complexity index is 1220. The standard InChI is InChI=1S/C28H32N2O3S/c1-21-12-14-23(15-13-21)20-34(32,33)30-18-16-25(17-19-30)28(31)29-27(24-9-4-3-5-10-24)26-11-7-6-8-22(26)2/h3-15,25,27H,16-20H2,1-2H3,(H,29,31). The summed E-state index contributed by atoms with van der Waals surface area (Å²) in [5.74, 6) is -0.234. The van der Waals surface area contributed by atoms with Crippen LogP contribution in [0.2, 0.25) is 0 Å². The highest BCUT2D eigenvalue weighted by Gasteiger charge is 2.32. The van der Waals surface area contributed by atoms with Gasteiger partial charge in [-0.15, -0.1) is 0 Å². The largest absolute Gasteiger partial charge is 0.345 e. The molecular formula is C28H32N2O3S. The van der Waals surface area contributed by atoms with Gasteiger partial charge < -0.3 is 5.32 Å². The van der Waals surface area contributed by atoms with Crippen LogP contribution < -0.4 is 5.32 Å². The molecule has 0 bridgehead atoms. The number of sulfonamides is 1. The first-order chi connectivity index (χ1) is 16.3. The molecule has 1 saturated heterocycles. The molecule has 0 radical (unpaired) electrons. The van der Waals surface area contributed by atoms with Gasteiger partial charge in [-0.3, -0.25) is 4.79 Å². The van der Waals surface area contributed by atoms with Gasteiger partial charge in [-0.05, 0) is 48.9 Å². The van der Waals surface area contributed by atoms with Crippen molar-refractivity contribution >= 4 is 15.9 Å². The van der Waals surface area contributed by atoms with E-state index >= 15 is 0 Å². The van der Waals surface area contributed by atoms with E-state index in [1.54, 1.807) is 0 Å². The van der Waals surface area contributed by atoms with Gasteiger partial charge in [-0.2, -0.15) is 0 Å². The van der Waals surface area contributed by atoms with Crippen molar-refractivity contribution in [3.63, 3.8) is 0 Å². The van der Waals surface area contributed by atoms with E-state index in [4.69, 9.17) is 0 Å². The van der Waals surface area contributed by atoms with E-state index in [1.807, 2.05) is 79.7 Å². The minimum Gasteiger partial charge on any atom is -0.345 e. The van der Waals surface area contributed by atoms with Gasteiger partial charge in [-0.25, -0.2) is 12.7 Å². The fourth-order valence-corrected chi connectivity index (χ4v) is 6.10. The summed E-state index contributed by atoms with van der Waals surface area (Å²) in [6.07, 6.45) is 1.04. The zero-order valence-electron chi connectivity index (χ0n) is 19.8. The number of carbonyl (C=O) groups is 1. The van der Waals surface area contributed by atoms with Crippen molar-refractivity contribution < 1.29 is 13.2 Å². The summed E-state index contributed by atoms with van der Waals surface area (Å²) in [4.78, 5) is 13.3. The number of nitrogens with one attached hydrogen (secondary N) is 1. The second-order valence-electron chi connectivity index (χ2n) is 9.12. The quantitative estimate of drug-likeness (QED) is 0.535. The molecule has 4 rings (SSSR count). The molecule has 1 aliphatic heterocycles. The highest BCUT2D eigenvalue weighted by Crippen LogP contribution is 2.27.